The summed E-state index contributed by atoms with van der Waals surface area (Å²) in [6, 6.07) is 9.68. The van der Waals surface area contributed by atoms with Crippen molar-refractivity contribution < 1.29 is 14.3 Å². The van der Waals surface area contributed by atoms with Crippen LogP contribution in [0.2, 0.25) is 0 Å². The highest BCUT2D eigenvalue weighted by atomic mass is 16.5. The summed E-state index contributed by atoms with van der Waals surface area (Å²) in [4.78, 5) is 23.4. The third-order valence-electron chi connectivity index (χ3n) is 4.65. The third-order valence-corrected chi connectivity index (χ3v) is 4.65. The predicted molar refractivity (Wildman–Crippen MR) is 96.1 cm³/mol. The number of fused-ring (bicyclic) bond motifs is 1. The highest BCUT2D eigenvalue weighted by molar-refractivity contribution is 5.81. The van der Waals surface area contributed by atoms with Crippen LogP contribution in [0.15, 0.2) is 36.5 Å². The van der Waals surface area contributed by atoms with Crippen molar-refractivity contribution in [2.75, 3.05) is 31.2 Å². The number of aryl methyl sites for hydroxylation is 1. The summed E-state index contributed by atoms with van der Waals surface area (Å²) in [5.74, 6) is 1.38. The van der Waals surface area contributed by atoms with Crippen molar-refractivity contribution in [3.05, 3.63) is 47.8 Å². The van der Waals surface area contributed by atoms with E-state index in [1.807, 2.05) is 30.3 Å². The molecule has 1 amide bonds. The van der Waals surface area contributed by atoms with Crippen LogP contribution in [0, 0.1) is 0 Å². The van der Waals surface area contributed by atoms with E-state index >= 15 is 0 Å². The van der Waals surface area contributed by atoms with Crippen LogP contribution >= 0.6 is 0 Å². The molecule has 2 aliphatic rings. The molecular weight excluding hydrogens is 332 g/mol. The maximum atomic E-state index is 12.5. The first-order chi connectivity index (χ1) is 12.8. The second-order valence-electron chi connectivity index (χ2n) is 6.42. The van der Waals surface area contributed by atoms with Gasteiger partial charge in [0.05, 0.1) is 25.5 Å². The Bertz CT molecular complexity index is 777. The van der Waals surface area contributed by atoms with Crippen LogP contribution < -0.4 is 15.0 Å². The molecule has 0 bridgehead atoms. The number of nitrogens with one attached hydrogen (secondary N) is 1. The zero-order chi connectivity index (χ0) is 17.8. The number of benzene rings is 1. The Morgan fingerprint density at radius 1 is 1.23 bits per heavy atom. The standard InChI is InChI=1S/C19H22N4O3/c24-18(17-6-5-14-3-1-2-4-16(14)26-17)21-13-15-7-8-20-19(22-15)23-9-11-25-12-10-23/h1-4,7-8,17H,5-6,9-13H2,(H,21,24). The summed E-state index contributed by atoms with van der Waals surface area (Å²) in [6.45, 7) is 3.30. The topological polar surface area (TPSA) is 76.6 Å². The highest BCUT2D eigenvalue weighted by Crippen LogP contribution is 2.27. The van der Waals surface area contributed by atoms with Crippen LogP contribution in [0.1, 0.15) is 17.7 Å². The molecule has 26 heavy (non-hydrogen) atoms. The Morgan fingerprint density at radius 2 is 2.08 bits per heavy atom. The number of amides is 1. The van der Waals surface area contributed by atoms with Gasteiger partial charge in [-0.25, -0.2) is 9.97 Å². The van der Waals surface area contributed by atoms with Crippen LogP contribution in [0.4, 0.5) is 5.95 Å². The molecule has 2 aliphatic heterocycles. The van der Waals surface area contributed by atoms with E-state index in [0.29, 0.717) is 32.1 Å². The number of carbonyl (C=O) groups is 1. The maximum Gasteiger partial charge on any atom is 0.261 e. The van der Waals surface area contributed by atoms with Crippen LogP contribution in [0.5, 0.6) is 5.75 Å². The number of ether oxygens (including phenoxy) is 2. The van der Waals surface area contributed by atoms with E-state index in [2.05, 4.69) is 20.2 Å². The van der Waals surface area contributed by atoms with Gasteiger partial charge in [-0.15, -0.1) is 0 Å². The molecule has 4 rings (SSSR count). The van der Waals surface area contributed by atoms with Gasteiger partial charge in [-0.2, -0.15) is 0 Å². The van der Waals surface area contributed by atoms with E-state index in [-0.39, 0.29) is 5.91 Å². The monoisotopic (exact) mass is 354 g/mol. The number of hydrogen-bond acceptors (Lipinski definition) is 6. The largest absolute Gasteiger partial charge is 0.480 e. The molecule has 0 spiro atoms. The van der Waals surface area contributed by atoms with E-state index in [1.54, 1.807) is 6.20 Å². The minimum absolute atomic E-state index is 0.106. The number of para-hydroxylation sites is 1. The van der Waals surface area contributed by atoms with Gasteiger partial charge in [-0.1, -0.05) is 18.2 Å². The minimum atomic E-state index is -0.453. The van der Waals surface area contributed by atoms with Crippen LogP contribution in [-0.4, -0.2) is 48.3 Å². The molecule has 136 valence electrons. The van der Waals surface area contributed by atoms with E-state index in [4.69, 9.17) is 9.47 Å². The lowest BCUT2D eigenvalue weighted by Crippen LogP contribution is -2.40. The second kappa shape index (κ2) is 7.70. The smallest absolute Gasteiger partial charge is 0.261 e. The van der Waals surface area contributed by atoms with E-state index in [9.17, 15) is 4.79 Å². The van der Waals surface area contributed by atoms with Crippen molar-refractivity contribution >= 4 is 11.9 Å². The maximum absolute atomic E-state index is 12.5. The molecule has 1 N–H and O–H groups in total. The fourth-order valence-corrected chi connectivity index (χ4v) is 3.20. The first-order valence-electron chi connectivity index (χ1n) is 8.96. The Balaban J connectivity index is 1.35. The lowest BCUT2D eigenvalue weighted by molar-refractivity contribution is -0.128. The molecule has 1 aromatic carbocycles. The number of nitrogens with zero attached hydrogens (tertiary/aromatic N) is 3. The van der Waals surface area contributed by atoms with E-state index in [1.165, 1.54) is 0 Å². The minimum Gasteiger partial charge on any atom is -0.480 e. The molecule has 1 saturated heterocycles. The van der Waals surface area contributed by atoms with Gasteiger partial charge in [0.25, 0.3) is 5.91 Å². The molecule has 0 radical (unpaired) electrons. The van der Waals surface area contributed by atoms with Gasteiger partial charge in [0.2, 0.25) is 5.95 Å². The number of rotatable bonds is 4. The van der Waals surface area contributed by atoms with Crippen molar-refractivity contribution in [2.24, 2.45) is 0 Å². The van der Waals surface area contributed by atoms with Gasteiger partial charge >= 0.3 is 0 Å². The molecule has 1 atom stereocenters. The summed E-state index contributed by atoms with van der Waals surface area (Å²) < 4.78 is 11.2. The molecule has 0 saturated carbocycles. The molecule has 1 aromatic heterocycles. The highest BCUT2D eigenvalue weighted by Gasteiger charge is 2.25. The zero-order valence-electron chi connectivity index (χ0n) is 14.6. The van der Waals surface area contributed by atoms with Gasteiger partial charge in [0.1, 0.15) is 5.75 Å². The summed E-state index contributed by atoms with van der Waals surface area (Å²) in [5, 5.41) is 2.93. The SMILES string of the molecule is O=C(NCc1ccnc(N2CCOCC2)n1)C1CCc2ccccc2O1. The molecule has 7 nitrogen and oxygen atoms in total. The van der Waals surface area contributed by atoms with Crippen molar-refractivity contribution in [2.45, 2.75) is 25.5 Å². The van der Waals surface area contributed by atoms with Gasteiger partial charge in [0.15, 0.2) is 6.10 Å². The summed E-state index contributed by atoms with van der Waals surface area (Å²) >= 11 is 0. The Morgan fingerprint density at radius 3 is 2.96 bits per heavy atom. The summed E-state index contributed by atoms with van der Waals surface area (Å²) in [7, 11) is 0. The molecule has 1 unspecified atom stereocenters. The van der Waals surface area contributed by atoms with Crippen molar-refractivity contribution in [1.29, 1.82) is 0 Å². The number of anilines is 1. The molecular formula is C19H22N4O3. The van der Waals surface area contributed by atoms with Crippen molar-refractivity contribution in [3.63, 3.8) is 0 Å². The molecule has 0 aliphatic carbocycles. The van der Waals surface area contributed by atoms with E-state index in [0.717, 1.165) is 36.5 Å². The van der Waals surface area contributed by atoms with Crippen LogP contribution in [-0.2, 0) is 22.5 Å². The lowest BCUT2D eigenvalue weighted by Gasteiger charge is -2.27. The fourth-order valence-electron chi connectivity index (χ4n) is 3.20. The van der Waals surface area contributed by atoms with Gasteiger partial charge in [0, 0.05) is 19.3 Å². The average molecular weight is 354 g/mol. The zero-order valence-corrected chi connectivity index (χ0v) is 14.6. The normalized spacial score (nSPS) is 19.4. The average Bonchev–Trinajstić information content (AvgIpc) is 2.72. The van der Waals surface area contributed by atoms with Crippen LogP contribution in [0.3, 0.4) is 0 Å². The van der Waals surface area contributed by atoms with Gasteiger partial charge in [-0.3, -0.25) is 4.79 Å². The fraction of sp³-hybridized carbons (Fsp3) is 0.421. The lowest BCUT2D eigenvalue weighted by atomic mass is 10.0. The van der Waals surface area contributed by atoms with Crippen molar-refractivity contribution in [1.82, 2.24) is 15.3 Å². The number of hydrogen-bond donors (Lipinski definition) is 1. The Kier molecular flexibility index (Phi) is 4.97. The first-order valence-corrected chi connectivity index (χ1v) is 8.96. The number of aromatic nitrogens is 2. The summed E-state index contributed by atoms with van der Waals surface area (Å²) in [5.41, 5.74) is 1.94. The predicted octanol–water partition coefficient (Wildman–Crippen LogP) is 1.32. The quantitative estimate of drug-likeness (QED) is 0.893. The van der Waals surface area contributed by atoms with Crippen molar-refractivity contribution in [3.8, 4) is 5.75 Å². The van der Waals surface area contributed by atoms with Crippen LogP contribution in [0.25, 0.3) is 0 Å². The second-order valence-corrected chi connectivity index (χ2v) is 6.42. The molecule has 3 heterocycles. The molecule has 1 fully saturated rings. The third kappa shape index (κ3) is 3.77. The molecule has 7 heteroatoms. The Labute approximate surface area is 152 Å². The van der Waals surface area contributed by atoms with Gasteiger partial charge in [-0.05, 0) is 30.5 Å². The van der Waals surface area contributed by atoms with Gasteiger partial charge < -0.3 is 19.7 Å². The molecule has 2 aromatic rings. The van der Waals surface area contributed by atoms with E-state index < -0.39 is 6.10 Å². The first kappa shape index (κ1) is 16.8. The number of morpholine rings is 1. The Hall–Kier alpha value is -2.67. The summed E-state index contributed by atoms with van der Waals surface area (Å²) in [6.07, 6.45) is 2.81. The number of carbonyl (C=O) groups excluding carboxylic acids is 1.